The van der Waals surface area contributed by atoms with Crippen LogP contribution in [0.1, 0.15) is 42.9 Å². The van der Waals surface area contributed by atoms with E-state index in [9.17, 15) is 15.3 Å². The Morgan fingerprint density at radius 3 is 2.80 bits per heavy atom. The Kier molecular flexibility index (Phi) is 6.72. The van der Waals surface area contributed by atoms with Crippen LogP contribution in [0.2, 0.25) is 5.02 Å². The van der Waals surface area contributed by atoms with Crippen molar-refractivity contribution in [1.82, 2.24) is 0 Å². The molecule has 0 bridgehead atoms. The lowest BCUT2D eigenvalue weighted by Gasteiger charge is -2.36. The van der Waals surface area contributed by atoms with Gasteiger partial charge in [-0.15, -0.1) is 0 Å². The van der Waals surface area contributed by atoms with Gasteiger partial charge in [0.25, 0.3) is 0 Å². The molecule has 140 valence electrons. The molecule has 5 atom stereocenters. The van der Waals surface area contributed by atoms with Crippen LogP contribution in [-0.4, -0.2) is 53.5 Å². The number of hydrogen-bond donors (Lipinski definition) is 3. The van der Waals surface area contributed by atoms with Gasteiger partial charge in [-0.2, -0.15) is 0 Å². The van der Waals surface area contributed by atoms with Crippen molar-refractivity contribution in [3.63, 3.8) is 0 Å². The fraction of sp³-hybridized carbons (Fsp3) is 0.684. The van der Waals surface area contributed by atoms with Gasteiger partial charge in [0.1, 0.15) is 12.2 Å². The van der Waals surface area contributed by atoms with Crippen LogP contribution in [0.15, 0.2) is 18.2 Å². The van der Waals surface area contributed by atoms with Crippen LogP contribution in [0.5, 0.6) is 0 Å². The van der Waals surface area contributed by atoms with Gasteiger partial charge in [0.05, 0.1) is 18.8 Å². The van der Waals surface area contributed by atoms with E-state index in [2.05, 4.69) is 0 Å². The van der Waals surface area contributed by atoms with Gasteiger partial charge in [-0.1, -0.05) is 23.7 Å². The first-order valence-corrected chi connectivity index (χ1v) is 9.44. The van der Waals surface area contributed by atoms with E-state index in [1.807, 2.05) is 18.2 Å². The molecule has 25 heavy (non-hydrogen) atoms. The van der Waals surface area contributed by atoms with Crippen molar-refractivity contribution in [2.75, 3.05) is 19.8 Å². The summed E-state index contributed by atoms with van der Waals surface area (Å²) in [5.74, 6) is 0.556. The zero-order chi connectivity index (χ0) is 17.8. The SMILES string of the molecule is OCC1OC(c2ccc(Cl)c(CC3CCCOCC3)c2)CC(O)[C@@H]1O. The van der Waals surface area contributed by atoms with Crippen molar-refractivity contribution >= 4 is 11.6 Å². The molecule has 0 aromatic heterocycles. The summed E-state index contributed by atoms with van der Waals surface area (Å²) in [6.45, 7) is 1.32. The minimum absolute atomic E-state index is 0.302. The zero-order valence-corrected chi connectivity index (χ0v) is 15.1. The smallest absolute Gasteiger partial charge is 0.110 e. The van der Waals surface area contributed by atoms with Gasteiger partial charge in [-0.05, 0) is 48.8 Å². The van der Waals surface area contributed by atoms with Crippen LogP contribution in [0.4, 0.5) is 0 Å². The molecule has 2 aliphatic rings. The highest BCUT2D eigenvalue weighted by Gasteiger charge is 2.37. The summed E-state index contributed by atoms with van der Waals surface area (Å²) in [7, 11) is 0. The maximum Gasteiger partial charge on any atom is 0.110 e. The second-order valence-corrected chi connectivity index (χ2v) is 7.51. The molecule has 2 aliphatic heterocycles. The molecular weight excluding hydrogens is 344 g/mol. The van der Waals surface area contributed by atoms with E-state index in [1.165, 1.54) is 0 Å². The number of halogens is 1. The fourth-order valence-corrected chi connectivity index (χ4v) is 3.95. The second kappa shape index (κ2) is 8.80. The third-order valence-electron chi connectivity index (χ3n) is 5.27. The standard InChI is InChI=1S/C19H27ClO5/c20-15-4-3-13(17-10-16(22)19(23)18(11-21)25-17)9-14(15)8-12-2-1-6-24-7-5-12/h3-4,9,12,16-19,21-23H,1-2,5-8,10-11H2/t12?,16?,17?,18?,19-/m0/s1. The Bertz CT molecular complexity index is 559. The van der Waals surface area contributed by atoms with Crippen molar-refractivity contribution in [3.05, 3.63) is 34.3 Å². The van der Waals surface area contributed by atoms with Gasteiger partial charge >= 0.3 is 0 Å². The Hall–Kier alpha value is -0.690. The lowest BCUT2D eigenvalue weighted by molar-refractivity contribution is -0.181. The topological polar surface area (TPSA) is 79.2 Å². The number of hydrogen-bond acceptors (Lipinski definition) is 5. The number of aliphatic hydroxyl groups is 3. The summed E-state index contributed by atoms with van der Waals surface area (Å²) in [6, 6.07) is 5.80. The normalized spacial score (nSPS) is 33.8. The summed E-state index contributed by atoms with van der Waals surface area (Å²) in [5.41, 5.74) is 2.00. The molecule has 0 spiro atoms. The molecule has 1 aromatic rings. The Morgan fingerprint density at radius 1 is 1.16 bits per heavy atom. The van der Waals surface area contributed by atoms with Crippen LogP contribution >= 0.6 is 11.6 Å². The molecule has 3 rings (SSSR count). The van der Waals surface area contributed by atoms with Gasteiger partial charge in [0.15, 0.2) is 0 Å². The zero-order valence-electron chi connectivity index (χ0n) is 14.3. The lowest BCUT2D eigenvalue weighted by Crippen LogP contribution is -2.47. The van der Waals surface area contributed by atoms with Crippen molar-refractivity contribution < 1.29 is 24.8 Å². The van der Waals surface area contributed by atoms with E-state index in [-0.39, 0.29) is 12.7 Å². The summed E-state index contributed by atoms with van der Waals surface area (Å²) in [4.78, 5) is 0. The van der Waals surface area contributed by atoms with Crippen molar-refractivity contribution in [2.24, 2.45) is 5.92 Å². The highest BCUT2D eigenvalue weighted by atomic mass is 35.5. The van der Waals surface area contributed by atoms with Crippen molar-refractivity contribution in [2.45, 2.75) is 56.5 Å². The predicted octanol–water partition coefficient (Wildman–Crippen LogP) is 2.24. The fourth-order valence-electron chi connectivity index (χ4n) is 3.76. The first kappa shape index (κ1) is 19.1. The van der Waals surface area contributed by atoms with Gasteiger partial charge < -0.3 is 24.8 Å². The van der Waals surface area contributed by atoms with Crippen LogP contribution in [0.25, 0.3) is 0 Å². The quantitative estimate of drug-likeness (QED) is 0.757. The molecule has 6 heteroatoms. The molecule has 0 radical (unpaired) electrons. The maximum absolute atomic E-state index is 10.0. The summed E-state index contributed by atoms with van der Waals surface area (Å²) < 4.78 is 11.3. The number of benzene rings is 1. The molecule has 4 unspecified atom stereocenters. The van der Waals surface area contributed by atoms with Gasteiger partial charge in [0.2, 0.25) is 0 Å². The third kappa shape index (κ3) is 4.73. The first-order chi connectivity index (χ1) is 12.1. The molecule has 2 heterocycles. The van der Waals surface area contributed by atoms with Gasteiger partial charge in [-0.25, -0.2) is 0 Å². The van der Waals surface area contributed by atoms with Crippen molar-refractivity contribution in [1.29, 1.82) is 0 Å². The minimum Gasteiger partial charge on any atom is -0.394 e. The average molecular weight is 371 g/mol. The molecular formula is C19H27ClO5. The summed E-state index contributed by atoms with van der Waals surface area (Å²) >= 11 is 6.40. The number of aliphatic hydroxyl groups excluding tert-OH is 3. The van der Waals surface area contributed by atoms with Gasteiger partial charge in [-0.3, -0.25) is 0 Å². The largest absolute Gasteiger partial charge is 0.394 e. The molecule has 0 saturated carbocycles. The summed E-state index contributed by atoms with van der Waals surface area (Å²) in [5, 5.41) is 30.0. The number of ether oxygens (including phenoxy) is 2. The first-order valence-electron chi connectivity index (χ1n) is 9.07. The van der Waals surface area contributed by atoms with Gasteiger partial charge in [0, 0.05) is 24.7 Å². The highest BCUT2D eigenvalue weighted by molar-refractivity contribution is 6.31. The second-order valence-electron chi connectivity index (χ2n) is 7.10. The van der Waals surface area contributed by atoms with E-state index in [4.69, 9.17) is 21.1 Å². The minimum atomic E-state index is -1.06. The van der Waals surface area contributed by atoms with Crippen molar-refractivity contribution in [3.8, 4) is 0 Å². The summed E-state index contributed by atoms with van der Waals surface area (Å²) in [6.07, 6.45) is 1.36. The Morgan fingerprint density at radius 2 is 2.00 bits per heavy atom. The molecule has 2 fully saturated rings. The van der Waals surface area contributed by atoms with E-state index in [0.29, 0.717) is 12.3 Å². The van der Waals surface area contributed by atoms with Crippen LogP contribution in [-0.2, 0) is 15.9 Å². The Labute approximate surface area is 153 Å². The van der Waals surface area contributed by atoms with Crippen LogP contribution < -0.4 is 0 Å². The molecule has 0 aliphatic carbocycles. The lowest BCUT2D eigenvalue weighted by atomic mass is 9.89. The monoisotopic (exact) mass is 370 g/mol. The number of rotatable bonds is 4. The molecule has 2 saturated heterocycles. The van der Waals surface area contributed by atoms with E-state index in [0.717, 1.165) is 55.0 Å². The third-order valence-corrected chi connectivity index (χ3v) is 5.64. The van der Waals surface area contributed by atoms with E-state index >= 15 is 0 Å². The molecule has 3 N–H and O–H groups in total. The van der Waals surface area contributed by atoms with E-state index in [1.54, 1.807) is 0 Å². The average Bonchev–Trinajstić information content (AvgIpc) is 2.88. The van der Waals surface area contributed by atoms with Crippen LogP contribution in [0, 0.1) is 5.92 Å². The maximum atomic E-state index is 10.0. The highest BCUT2D eigenvalue weighted by Crippen LogP contribution is 2.34. The Balaban J connectivity index is 1.74. The predicted molar refractivity (Wildman–Crippen MR) is 94.6 cm³/mol. The molecule has 0 amide bonds. The molecule has 1 aromatic carbocycles. The van der Waals surface area contributed by atoms with Crippen LogP contribution in [0.3, 0.4) is 0 Å². The molecule has 5 nitrogen and oxygen atoms in total. The van der Waals surface area contributed by atoms with E-state index < -0.39 is 18.3 Å².